The van der Waals surface area contributed by atoms with Crippen LogP contribution in [0.25, 0.3) is 0 Å². The first kappa shape index (κ1) is 70.4. The highest BCUT2D eigenvalue weighted by Gasteiger charge is 2.43. The lowest BCUT2D eigenvalue weighted by atomic mass is 9.99. The molecular formula is C66H90N10O12. The molecule has 8 atom stereocenters. The summed E-state index contributed by atoms with van der Waals surface area (Å²) in [6.45, 7) is 25.2. The predicted octanol–water partition coefficient (Wildman–Crippen LogP) is 7.13. The number of amides is 4. The predicted molar refractivity (Wildman–Crippen MR) is 326 cm³/mol. The fraction of sp³-hybridized carbons (Fsp3) is 0.576. The highest BCUT2D eigenvalue weighted by atomic mass is 16.6. The van der Waals surface area contributed by atoms with Gasteiger partial charge in [-0.15, -0.1) is 0 Å². The SMILES string of the molecule is Cc1nn(Cc2ccc(C[C@H]3OC(=O)[C@H](CC(C)C)N(C)C(=O)[C@@H](C)OC(=O)[C@H](CC(C)C)N(C)C(=O)[C@@H](Cc4ccc(Cn5nc(C)c(C#N)c5C)cc4)OC(=O)[C@H](CC(C)C)N(C)C(=O)[C@@H](C)OC(=O)[C@H](CC(C)C)N(C)C3=O)cc2)c(C)c1C#N. The van der Waals surface area contributed by atoms with E-state index in [4.69, 9.17) is 18.9 Å². The summed E-state index contributed by atoms with van der Waals surface area (Å²) in [5.74, 6) is -7.80. The van der Waals surface area contributed by atoms with Gasteiger partial charge in [0.2, 0.25) is 0 Å². The van der Waals surface area contributed by atoms with Crippen LogP contribution in [0, 0.1) is 74.0 Å². The van der Waals surface area contributed by atoms with Crippen LogP contribution in [0.3, 0.4) is 0 Å². The van der Waals surface area contributed by atoms with Crippen LogP contribution >= 0.6 is 0 Å². The number of nitriles is 2. The molecule has 0 bridgehead atoms. The lowest BCUT2D eigenvalue weighted by Gasteiger charge is -2.35. The molecule has 1 aliphatic rings. The Morgan fingerprint density at radius 2 is 0.670 bits per heavy atom. The maximum atomic E-state index is 15.1. The average molecular weight is 1220 g/mol. The molecule has 1 saturated heterocycles. The van der Waals surface area contributed by atoms with Gasteiger partial charge in [-0.2, -0.15) is 20.7 Å². The van der Waals surface area contributed by atoms with Crippen molar-refractivity contribution in [1.82, 2.24) is 39.2 Å². The summed E-state index contributed by atoms with van der Waals surface area (Å²) in [5.41, 5.74) is 6.34. The Hall–Kier alpha value is -8.40. The second-order valence-electron chi connectivity index (χ2n) is 25.1. The number of rotatable bonds is 16. The third kappa shape index (κ3) is 17.9. The number of cyclic esters (lactones) is 4. The minimum Gasteiger partial charge on any atom is -0.451 e. The number of carbonyl (C=O) groups is 8. The lowest BCUT2D eigenvalue weighted by molar-refractivity contribution is -0.176. The maximum Gasteiger partial charge on any atom is 0.329 e. The molecule has 0 spiro atoms. The molecule has 0 N–H and O–H groups in total. The third-order valence-corrected chi connectivity index (χ3v) is 16.0. The van der Waals surface area contributed by atoms with E-state index in [1.165, 1.54) is 42.0 Å². The van der Waals surface area contributed by atoms with Gasteiger partial charge in [0.05, 0.1) is 47.0 Å². The number of ether oxygens (including phenoxy) is 4. The largest absolute Gasteiger partial charge is 0.451 e. The van der Waals surface area contributed by atoms with Gasteiger partial charge >= 0.3 is 23.9 Å². The molecule has 0 aliphatic carbocycles. The molecule has 22 heteroatoms. The summed E-state index contributed by atoms with van der Waals surface area (Å²) < 4.78 is 27.7. The monoisotopic (exact) mass is 1210 g/mol. The average Bonchev–Trinajstić information content (AvgIpc) is 4.08. The summed E-state index contributed by atoms with van der Waals surface area (Å²) in [6, 6.07) is 13.4. The Labute approximate surface area is 518 Å². The summed E-state index contributed by atoms with van der Waals surface area (Å²) in [4.78, 5) is 123. The molecule has 0 unspecified atom stereocenters. The zero-order chi connectivity index (χ0) is 65.8. The van der Waals surface area contributed by atoms with E-state index in [0.717, 1.165) is 30.7 Å². The van der Waals surface area contributed by atoms with Gasteiger partial charge in [-0.05, 0) is 113 Å². The number of aryl methyl sites for hydroxylation is 2. The van der Waals surface area contributed by atoms with Crippen LogP contribution < -0.4 is 0 Å². The highest BCUT2D eigenvalue weighted by molar-refractivity contribution is 5.94. The Bertz CT molecular complexity index is 3010. The van der Waals surface area contributed by atoms with Crippen molar-refractivity contribution in [1.29, 1.82) is 10.5 Å². The molecule has 3 heterocycles. The number of aromatic nitrogens is 4. The Balaban J connectivity index is 1.59. The summed E-state index contributed by atoms with van der Waals surface area (Å²) in [6.07, 6.45) is -6.36. The molecule has 5 rings (SSSR count). The van der Waals surface area contributed by atoms with E-state index in [2.05, 4.69) is 22.3 Å². The van der Waals surface area contributed by atoms with Crippen LogP contribution in [0.2, 0.25) is 0 Å². The highest BCUT2D eigenvalue weighted by Crippen LogP contribution is 2.26. The Morgan fingerprint density at radius 1 is 0.420 bits per heavy atom. The van der Waals surface area contributed by atoms with Crippen molar-refractivity contribution in [2.24, 2.45) is 23.7 Å². The van der Waals surface area contributed by atoms with Crippen LogP contribution in [0.4, 0.5) is 0 Å². The molecule has 4 amide bonds. The molecule has 0 saturated carbocycles. The first-order valence-electron chi connectivity index (χ1n) is 30.2. The quantitative estimate of drug-likeness (QED) is 0.0797. The van der Waals surface area contributed by atoms with E-state index >= 15 is 9.59 Å². The summed E-state index contributed by atoms with van der Waals surface area (Å²) in [5, 5.41) is 28.4. The van der Waals surface area contributed by atoms with Gasteiger partial charge in [-0.25, -0.2) is 19.2 Å². The minimum atomic E-state index is -1.58. The van der Waals surface area contributed by atoms with Crippen LogP contribution in [0.5, 0.6) is 0 Å². The number of likely N-dealkylation sites (N-methyl/N-ethyl adjacent to an activating group) is 4. The van der Waals surface area contributed by atoms with Crippen molar-refractivity contribution in [2.75, 3.05) is 28.2 Å². The number of hydrogen-bond acceptors (Lipinski definition) is 16. The van der Waals surface area contributed by atoms with Gasteiger partial charge < -0.3 is 38.5 Å². The Morgan fingerprint density at radius 3 is 0.920 bits per heavy atom. The molecule has 2 aromatic carbocycles. The Kier molecular flexibility index (Phi) is 24.8. The van der Waals surface area contributed by atoms with Gasteiger partial charge in [-0.1, -0.05) is 104 Å². The molecule has 1 fully saturated rings. The van der Waals surface area contributed by atoms with Gasteiger partial charge in [0, 0.05) is 41.0 Å². The number of hydrogen-bond donors (Lipinski definition) is 0. The molecule has 4 aromatic rings. The summed E-state index contributed by atoms with van der Waals surface area (Å²) in [7, 11) is 5.49. The fourth-order valence-corrected chi connectivity index (χ4v) is 10.8. The number of carbonyl (C=O) groups excluding carboxylic acids is 8. The smallest absolute Gasteiger partial charge is 0.329 e. The van der Waals surface area contributed by atoms with Crippen molar-refractivity contribution < 1.29 is 57.3 Å². The normalized spacial score (nSPS) is 22.0. The second-order valence-corrected chi connectivity index (χ2v) is 25.1. The van der Waals surface area contributed by atoms with Gasteiger partial charge in [0.15, 0.2) is 24.4 Å². The molecular weight excluding hydrogens is 1120 g/mol. The van der Waals surface area contributed by atoms with Crippen LogP contribution in [0.15, 0.2) is 48.5 Å². The van der Waals surface area contributed by atoms with E-state index in [-0.39, 0.29) is 62.2 Å². The molecule has 476 valence electrons. The molecule has 1 aliphatic heterocycles. The van der Waals surface area contributed by atoms with Crippen molar-refractivity contribution >= 4 is 47.5 Å². The standard InChI is InChI=1S/C66H90N10O12/c1-37(2)27-53-63(81)85-45(13)59(77)71(15)56(30-40(7)8)66(84)88-58(32-48-21-25-50(26-22-48)36-76-44(12)52(34-68)42(10)70-76)62(80)74(18)54(28-38(3)4)64(82)86-46(14)60(78)72(16)55(29-39(5)6)65(83)87-57(61(79)73(53)17)31-47-19-23-49(24-20-47)35-75-43(11)51(33-67)41(9)69-75/h19-26,37-40,45-46,53-58H,27-32,35-36H2,1-18H3/t45-,46-,53+,54+,55+,56+,57-,58-/m1/s1. The molecule has 22 nitrogen and oxygen atoms in total. The van der Waals surface area contributed by atoms with Crippen LogP contribution in [-0.4, -0.2) is 163 Å². The first-order valence-corrected chi connectivity index (χ1v) is 30.2. The topological polar surface area (TPSA) is 270 Å². The van der Waals surface area contributed by atoms with Crippen molar-refractivity contribution in [3.63, 3.8) is 0 Å². The van der Waals surface area contributed by atoms with Gasteiger partial charge in [0.1, 0.15) is 36.3 Å². The number of nitrogens with zero attached hydrogens (tertiary/aromatic N) is 10. The van der Waals surface area contributed by atoms with Gasteiger partial charge in [-0.3, -0.25) is 28.5 Å². The van der Waals surface area contributed by atoms with E-state index in [1.54, 1.807) is 47.5 Å². The first-order chi connectivity index (χ1) is 41.3. The minimum absolute atomic E-state index is 0.0522. The lowest BCUT2D eigenvalue weighted by Crippen LogP contribution is -2.55. The molecule has 88 heavy (non-hydrogen) atoms. The van der Waals surface area contributed by atoms with Crippen molar-refractivity contribution in [2.45, 2.75) is 197 Å². The van der Waals surface area contributed by atoms with E-state index in [1.807, 2.05) is 93.5 Å². The zero-order valence-corrected chi connectivity index (χ0v) is 54.6. The van der Waals surface area contributed by atoms with E-state index in [9.17, 15) is 39.3 Å². The van der Waals surface area contributed by atoms with E-state index < -0.39 is 96.1 Å². The van der Waals surface area contributed by atoms with Crippen molar-refractivity contribution in [3.05, 3.63) is 105 Å². The maximum absolute atomic E-state index is 15.1. The fourth-order valence-electron chi connectivity index (χ4n) is 10.8. The second kappa shape index (κ2) is 31.0. The molecule has 2 aromatic heterocycles. The number of esters is 4. The molecule has 0 radical (unpaired) electrons. The van der Waals surface area contributed by atoms with Crippen LogP contribution in [-0.2, 0) is 83.2 Å². The number of benzene rings is 2. The van der Waals surface area contributed by atoms with Crippen molar-refractivity contribution in [3.8, 4) is 12.1 Å². The van der Waals surface area contributed by atoms with Gasteiger partial charge in [0.25, 0.3) is 23.6 Å². The summed E-state index contributed by atoms with van der Waals surface area (Å²) >= 11 is 0. The third-order valence-electron chi connectivity index (χ3n) is 16.0. The van der Waals surface area contributed by atoms with Crippen LogP contribution in [0.1, 0.15) is 151 Å². The van der Waals surface area contributed by atoms with E-state index in [0.29, 0.717) is 58.1 Å². The zero-order valence-electron chi connectivity index (χ0n) is 54.6.